The fourth-order valence-electron chi connectivity index (χ4n) is 4.29. The van der Waals surface area contributed by atoms with Crippen LogP contribution in [0.1, 0.15) is 31.2 Å². The van der Waals surface area contributed by atoms with E-state index in [9.17, 15) is 4.79 Å². The number of nitrogens with one attached hydrogen (secondary N) is 2. The van der Waals surface area contributed by atoms with Gasteiger partial charge >= 0.3 is 0 Å². The number of rotatable bonds is 6. The number of quaternary nitrogens is 1. The molecular weight excluding hydrogens is 362 g/mol. The van der Waals surface area contributed by atoms with Crippen LogP contribution in [-0.4, -0.2) is 39.4 Å². The summed E-state index contributed by atoms with van der Waals surface area (Å²) in [5.74, 6) is 1.56. The summed E-state index contributed by atoms with van der Waals surface area (Å²) in [6, 6.07) is 14.8. The molecular formula is C23H28N5O+. The number of hydrogen-bond donors (Lipinski definition) is 2. The predicted molar refractivity (Wildman–Crippen MR) is 111 cm³/mol. The summed E-state index contributed by atoms with van der Waals surface area (Å²) in [6.07, 6.45) is 10.4. The van der Waals surface area contributed by atoms with Crippen LogP contribution in [0, 0.1) is 5.92 Å². The van der Waals surface area contributed by atoms with Gasteiger partial charge < -0.3 is 14.8 Å². The van der Waals surface area contributed by atoms with Crippen molar-refractivity contribution in [3.8, 4) is 11.5 Å². The topological polar surface area (TPSA) is 56.3 Å². The summed E-state index contributed by atoms with van der Waals surface area (Å²) in [7, 11) is 0. The molecule has 5 rings (SSSR count). The van der Waals surface area contributed by atoms with Crippen molar-refractivity contribution in [3.05, 3.63) is 66.6 Å². The third-order valence-electron chi connectivity index (χ3n) is 6.09. The molecule has 0 atom stereocenters. The first kappa shape index (κ1) is 18.2. The van der Waals surface area contributed by atoms with E-state index in [4.69, 9.17) is 5.10 Å². The first-order valence-corrected chi connectivity index (χ1v) is 10.7. The largest absolute Gasteiger partial charge is 0.353 e. The lowest BCUT2D eigenvalue weighted by Gasteiger charge is -2.28. The van der Waals surface area contributed by atoms with Crippen molar-refractivity contribution in [2.45, 2.75) is 38.3 Å². The molecule has 0 bridgehead atoms. The molecule has 2 aliphatic rings. The van der Waals surface area contributed by atoms with E-state index in [-0.39, 0.29) is 11.8 Å². The molecule has 1 aliphatic carbocycles. The third kappa shape index (κ3) is 3.98. The van der Waals surface area contributed by atoms with Crippen molar-refractivity contribution in [2.75, 3.05) is 13.1 Å². The number of likely N-dealkylation sites (tertiary alicyclic amines) is 1. The highest BCUT2D eigenvalue weighted by Crippen LogP contribution is 2.22. The van der Waals surface area contributed by atoms with E-state index in [1.807, 2.05) is 41.2 Å². The summed E-state index contributed by atoms with van der Waals surface area (Å²) in [4.78, 5) is 13.9. The van der Waals surface area contributed by atoms with Crippen molar-refractivity contribution in [1.82, 2.24) is 19.7 Å². The molecule has 0 spiro atoms. The Labute approximate surface area is 171 Å². The van der Waals surface area contributed by atoms with Crippen LogP contribution in [0.4, 0.5) is 0 Å². The van der Waals surface area contributed by atoms with E-state index < -0.39 is 0 Å². The van der Waals surface area contributed by atoms with Crippen LogP contribution < -0.4 is 10.2 Å². The van der Waals surface area contributed by atoms with Gasteiger partial charge in [0, 0.05) is 37.2 Å². The Morgan fingerprint density at radius 3 is 2.45 bits per heavy atom. The Morgan fingerprint density at radius 2 is 1.76 bits per heavy atom. The molecule has 1 saturated heterocycles. The number of piperidine rings is 1. The summed E-state index contributed by atoms with van der Waals surface area (Å²) in [5, 5.41) is 7.88. The summed E-state index contributed by atoms with van der Waals surface area (Å²) >= 11 is 0. The molecule has 150 valence electrons. The number of carbonyl (C=O) groups is 1. The molecule has 2 N–H and O–H groups in total. The van der Waals surface area contributed by atoms with Crippen LogP contribution in [0.15, 0.2) is 61.1 Å². The lowest BCUT2D eigenvalue weighted by atomic mass is 9.95. The Morgan fingerprint density at radius 1 is 1.03 bits per heavy atom. The highest BCUT2D eigenvalue weighted by Gasteiger charge is 2.32. The molecule has 1 aromatic carbocycles. The van der Waals surface area contributed by atoms with Gasteiger partial charge in [0.25, 0.3) is 0 Å². The number of para-hydroxylation sites is 1. The van der Waals surface area contributed by atoms with Gasteiger partial charge in [0.15, 0.2) is 0 Å². The normalized spacial score (nSPS) is 21.8. The van der Waals surface area contributed by atoms with Crippen LogP contribution in [0.25, 0.3) is 11.5 Å². The molecule has 3 aromatic rings. The molecule has 6 heteroatoms. The number of nitrogens with zero attached hydrogens (tertiary/aromatic N) is 3. The number of aromatic nitrogens is 3. The summed E-state index contributed by atoms with van der Waals surface area (Å²) in [5.41, 5.74) is 2.30. The van der Waals surface area contributed by atoms with E-state index in [2.05, 4.69) is 34.4 Å². The van der Waals surface area contributed by atoms with E-state index in [1.54, 1.807) is 0 Å². The quantitative estimate of drug-likeness (QED) is 0.674. The SMILES string of the molecule is O=C(NC1CC1)C1CC[NH+](Cc2cnn(-c3ccccc3)c2-n2cccc2)CC1. The summed E-state index contributed by atoms with van der Waals surface area (Å²) in [6.45, 7) is 2.99. The second-order valence-electron chi connectivity index (χ2n) is 8.31. The van der Waals surface area contributed by atoms with Crippen LogP contribution >= 0.6 is 0 Å². The van der Waals surface area contributed by atoms with Gasteiger partial charge in [-0.1, -0.05) is 18.2 Å². The fraction of sp³-hybridized carbons (Fsp3) is 0.391. The van der Waals surface area contributed by atoms with Gasteiger partial charge in [-0.3, -0.25) is 4.79 Å². The highest BCUT2D eigenvalue weighted by atomic mass is 16.2. The lowest BCUT2D eigenvalue weighted by molar-refractivity contribution is -0.919. The summed E-state index contributed by atoms with van der Waals surface area (Å²) < 4.78 is 4.16. The van der Waals surface area contributed by atoms with Crippen molar-refractivity contribution >= 4 is 5.91 Å². The Hall–Kier alpha value is -2.86. The third-order valence-corrected chi connectivity index (χ3v) is 6.09. The van der Waals surface area contributed by atoms with E-state index >= 15 is 0 Å². The van der Waals surface area contributed by atoms with Gasteiger partial charge in [-0.25, -0.2) is 4.68 Å². The van der Waals surface area contributed by atoms with Gasteiger partial charge in [0.05, 0.1) is 30.5 Å². The van der Waals surface area contributed by atoms with Crippen LogP contribution in [0.2, 0.25) is 0 Å². The van der Waals surface area contributed by atoms with Gasteiger partial charge in [0.2, 0.25) is 5.91 Å². The Bertz CT molecular complexity index is 951. The Kier molecular flexibility index (Phi) is 4.94. The number of hydrogen-bond acceptors (Lipinski definition) is 2. The fourth-order valence-corrected chi connectivity index (χ4v) is 4.29. The molecule has 6 nitrogen and oxygen atoms in total. The smallest absolute Gasteiger partial charge is 0.223 e. The first-order chi connectivity index (χ1) is 14.3. The van der Waals surface area contributed by atoms with Crippen molar-refractivity contribution in [1.29, 1.82) is 0 Å². The Balaban J connectivity index is 1.31. The van der Waals surface area contributed by atoms with Gasteiger partial charge in [0.1, 0.15) is 12.4 Å². The van der Waals surface area contributed by atoms with E-state index in [1.165, 1.54) is 10.5 Å². The minimum Gasteiger partial charge on any atom is -0.353 e. The van der Waals surface area contributed by atoms with Crippen LogP contribution in [0.5, 0.6) is 0 Å². The maximum atomic E-state index is 12.3. The van der Waals surface area contributed by atoms with Gasteiger partial charge in [-0.05, 0) is 37.1 Å². The van der Waals surface area contributed by atoms with Crippen molar-refractivity contribution in [2.24, 2.45) is 5.92 Å². The second kappa shape index (κ2) is 7.87. The molecule has 0 unspecified atom stereocenters. The minimum absolute atomic E-state index is 0.190. The molecule has 1 amide bonds. The van der Waals surface area contributed by atoms with Gasteiger partial charge in [-0.2, -0.15) is 5.10 Å². The van der Waals surface area contributed by atoms with Crippen molar-refractivity contribution < 1.29 is 9.69 Å². The zero-order chi connectivity index (χ0) is 19.6. The van der Waals surface area contributed by atoms with E-state index in [0.29, 0.717) is 6.04 Å². The minimum atomic E-state index is 0.190. The molecule has 2 fully saturated rings. The molecule has 29 heavy (non-hydrogen) atoms. The molecule has 1 saturated carbocycles. The zero-order valence-corrected chi connectivity index (χ0v) is 16.6. The monoisotopic (exact) mass is 390 g/mol. The second-order valence-corrected chi connectivity index (χ2v) is 8.31. The van der Waals surface area contributed by atoms with Crippen LogP contribution in [0.3, 0.4) is 0 Å². The maximum absolute atomic E-state index is 12.3. The number of carbonyl (C=O) groups excluding carboxylic acids is 1. The highest BCUT2D eigenvalue weighted by molar-refractivity contribution is 5.79. The lowest BCUT2D eigenvalue weighted by Crippen LogP contribution is -3.11. The zero-order valence-electron chi connectivity index (χ0n) is 16.6. The molecule has 3 heterocycles. The average molecular weight is 391 g/mol. The van der Waals surface area contributed by atoms with Gasteiger partial charge in [-0.15, -0.1) is 0 Å². The predicted octanol–water partition coefficient (Wildman–Crippen LogP) is 1.74. The standard InChI is InChI=1S/C23H27N5O/c29-22(25-20-8-9-20)18-10-14-26(15-11-18)17-19-16-24-28(21-6-2-1-3-7-21)23(19)27-12-4-5-13-27/h1-7,12-13,16,18,20H,8-11,14-15,17H2,(H,25,29)/p+1. The van der Waals surface area contributed by atoms with E-state index in [0.717, 1.165) is 56.8 Å². The number of amides is 1. The molecule has 1 aliphatic heterocycles. The van der Waals surface area contributed by atoms with Crippen LogP contribution in [-0.2, 0) is 11.3 Å². The first-order valence-electron chi connectivity index (χ1n) is 10.7. The number of benzene rings is 1. The van der Waals surface area contributed by atoms with Crippen molar-refractivity contribution in [3.63, 3.8) is 0 Å². The molecule has 2 aromatic heterocycles. The average Bonchev–Trinajstić information content (AvgIpc) is 3.24. The molecule has 0 radical (unpaired) electrons. The maximum Gasteiger partial charge on any atom is 0.223 e.